The van der Waals surface area contributed by atoms with E-state index >= 15 is 0 Å². The third kappa shape index (κ3) is 3.85. The zero-order chi connectivity index (χ0) is 17.8. The van der Waals surface area contributed by atoms with Crippen molar-refractivity contribution in [3.63, 3.8) is 0 Å². The average molecular weight is 337 g/mol. The van der Waals surface area contributed by atoms with E-state index in [0.717, 1.165) is 11.3 Å². The summed E-state index contributed by atoms with van der Waals surface area (Å²) in [6.07, 6.45) is 0.353. The summed E-state index contributed by atoms with van der Waals surface area (Å²) in [4.78, 5) is 36.7. The van der Waals surface area contributed by atoms with Crippen LogP contribution in [0.3, 0.4) is 0 Å². The number of anilines is 2. The van der Waals surface area contributed by atoms with E-state index < -0.39 is 6.04 Å². The van der Waals surface area contributed by atoms with Crippen LogP contribution in [0.4, 0.5) is 11.4 Å². The van der Waals surface area contributed by atoms with Gasteiger partial charge in [0.05, 0.1) is 11.3 Å². The van der Waals surface area contributed by atoms with Crippen LogP contribution in [0, 0.1) is 6.92 Å². The molecule has 0 aromatic heterocycles. The number of para-hydroxylation sites is 2. The molecule has 25 heavy (non-hydrogen) atoms. The van der Waals surface area contributed by atoms with Crippen molar-refractivity contribution in [2.24, 2.45) is 0 Å². The molecule has 0 saturated carbocycles. The van der Waals surface area contributed by atoms with Gasteiger partial charge in [0.15, 0.2) is 0 Å². The van der Waals surface area contributed by atoms with Crippen molar-refractivity contribution in [2.45, 2.75) is 25.8 Å². The Hall–Kier alpha value is -3.15. The van der Waals surface area contributed by atoms with E-state index in [1.807, 2.05) is 31.2 Å². The zero-order valence-electron chi connectivity index (χ0n) is 13.8. The van der Waals surface area contributed by atoms with Gasteiger partial charge < -0.3 is 16.0 Å². The van der Waals surface area contributed by atoms with Crippen LogP contribution in [0.1, 0.15) is 28.8 Å². The van der Waals surface area contributed by atoms with Crippen LogP contribution in [0.2, 0.25) is 0 Å². The molecular weight excluding hydrogens is 318 g/mol. The summed E-state index contributed by atoms with van der Waals surface area (Å²) in [5, 5.41) is 8.24. The molecule has 0 radical (unpaired) electrons. The third-order valence-corrected chi connectivity index (χ3v) is 4.13. The first-order valence-electron chi connectivity index (χ1n) is 8.11. The highest BCUT2D eigenvalue weighted by atomic mass is 16.2. The van der Waals surface area contributed by atoms with E-state index in [0.29, 0.717) is 11.3 Å². The van der Waals surface area contributed by atoms with E-state index in [1.54, 1.807) is 24.3 Å². The Balaban J connectivity index is 1.62. The topological polar surface area (TPSA) is 87.3 Å². The molecule has 3 rings (SSSR count). The molecule has 1 aliphatic rings. The summed E-state index contributed by atoms with van der Waals surface area (Å²) in [5.74, 6) is -0.835. The number of aryl methyl sites for hydroxylation is 1. The van der Waals surface area contributed by atoms with Gasteiger partial charge in [0.25, 0.3) is 5.91 Å². The third-order valence-electron chi connectivity index (χ3n) is 4.13. The Morgan fingerprint density at radius 1 is 1.08 bits per heavy atom. The summed E-state index contributed by atoms with van der Waals surface area (Å²) in [6, 6.07) is 13.5. The number of carbonyl (C=O) groups is 3. The summed E-state index contributed by atoms with van der Waals surface area (Å²) in [7, 11) is 0. The molecule has 1 aliphatic heterocycles. The van der Waals surface area contributed by atoms with Gasteiger partial charge in [0.1, 0.15) is 6.04 Å². The Kier molecular flexibility index (Phi) is 4.79. The van der Waals surface area contributed by atoms with Gasteiger partial charge in [-0.1, -0.05) is 30.3 Å². The minimum Gasteiger partial charge on any atom is -0.340 e. The smallest absolute Gasteiger partial charge is 0.254 e. The van der Waals surface area contributed by atoms with E-state index in [1.165, 1.54) is 0 Å². The first kappa shape index (κ1) is 16.7. The molecular formula is C19H19N3O3. The highest BCUT2D eigenvalue weighted by molar-refractivity contribution is 6.10. The Bertz CT molecular complexity index is 832. The van der Waals surface area contributed by atoms with Crippen molar-refractivity contribution < 1.29 is 14.4 Å². The maximum absolute atomic E-state index is 12.3. The van der Waals surface area contributed by atoms with Crippen LogP contribution >= 0.6 is 0 Å². The summed E-state index contributed by atoms with van der Waals surface area (Å²) >= 11 is 0. The molecule has 0 bridgehead atoms. The molecule has 0 spiro atoms. The lowest BCUT2D eigenvalue weighted by atomic mass is 10.1. The molecule has 2 aromatic carbocycles. The molecule has 6 nitrogen and oxygen atoms in total. The maximum atomic E-state index is 12.3. The second-order valence-corrected chi connectivity index (χ2v) is 5.96. The Morgan fingerprint density at radius 3 is 2.60 bits per heavy atom. The molecule has 2 aromatic rings. The highest BCUT2D eigenvalue weighted by Crippen LogP contribution is 2.19. The number of fused-ring (bicyclic) bond motifs is 1. The van der Waals surface area contributed by atoms with Crippen LogP contribution in [0.25, 0.3) is 0 Å². The molecule has 0 unspecified atom stereocenters. The summed E-state index contributed by atoms with van der Waals surface area (Å²) in [5.41, 5.74) is 2.61. The van der Waals surface area contributed by atoms with Crippen LogP contribution < -0.4 is 16.0 Å². The predicted molar refractivity (Wildman–Crippen MR) is 95.4 cm³/mol. The molecule has 128 valence electrons. The fourth-order valence-corrected chi connectivity index (χ4v) is 2.72. The van der Waals surface area contributed by atoms with Crippen molar-refractivity contribution in [2.75, 3.05) is 10.6 Å². The number of benzene rings is 2. The van der Waals surface area contributed by atoms with Crippen molar-refractivity contribution in [3.8, 4) is 0 Å². The molecule has 0 saturated heterocycles. The second-order valence-electron chi connectivity index (χ2n) is 5.96. The number of hydrogen-bond donors (Lipinski definition) is 3. The van der Waals surface area contributed by atoms with Gasteiger partial charge in [0, 0.05) is 12.1 Å². The average Bonchev–Trinajstić information content (AvgIpc) is 2.72. The van der Waals surface area contributed by atoms with Crippen LogP contribution in [-0.4, -0.2) is 23.8 Å². The van der Waals surface area contributed by atoms with Gasteiger partial charge in [0.2, 0.25) is 11.8 Å². The number of carbonyl (C=O) groups excluding carboxylic acids is 3. The van der Waals surface area contributed by atoms with Crippen molar-refractivity contribution >= 4 is 29.1 Å². The van der Waals surface area contributed by atoms with Gasteiger partial charge in [-0.2, -0.15) is 0 Å². The van der Waals surface area contributed by atoms with Crippen LogP contribution in [0.15, 0.2) is 48.5 Å². The van der Waals surface area contributed by atoms with E-state index in [4.69, 9.17) is 0 Å². The summed E-state index contributed by atoms with van der Waals surface area (Å²) < 4.78 is 0. The SMILES string of the molecule is Cc1ccccc1NC(=O)CC[C@@H]1NC(=O)c2ccccc2NC1=O. The second kappa shape index (κ2) is 7.17. The van der Waals surface area contributed by atoms with Gasteiger partial charge in [-0.05, 0) is 37.1 Å². The number of nitrogens with one attached hydrogen (secondary N) is 3. The lowest BCUT2D eigenvalue weighted by Gasteiger charge is -2.14. The van der Waals surface area contributed by atoms with Gasteiger partial charge in [-0.15, -0.1) is 0 Å². The number of rotatable bonds is 4. The van der Waals surface area contributed by atoms with E-state index in [-0.39, 0.29) is 30.6 Å². The molecule has 1 heterocycles. The Morgan fingerprint density at radius 2 is 1.80 bits per heavy atom. The van der Waals surface area contributed by atoms with Crippen LogP contribution in [0.5, 0.6) is 0 Å². The predicted octanol–water partition coefficient (Wildman–Crippen LogP) is 2.46. The molecule has 3 N–H and O–H groups in total. The highest BCUT2D eigenvalue weighted by Gasteiger charge is 2.27. The number of hydrogen-bond acceptors (Lipinski definition) is 3. The minimum absolute atomic E-state index is 0.128. The molecule has 3 amide bonds. The zero-order valence-corrected chi connectivity index (χ0v) is 13.8. The lowest BCUT2D eigenvalue weighted by Crippen LogP contribution is -2.41. The fourth-order valence-electron chi connectivity index (χ4n) is 2.72. The largest absolute Gasteiger partial charge is 0.340 e. The number of amides is 3. The van der Waals surface area contributed by atoms with Crippen molar-refractivity contribution in [3.05, 3.63) is 59.7 Å². The first-order valence-corrected chi connectivity index (χ1v) is 8.11. The lowest BCUT2D eigenvalue weighted by molar-refractivity contribution is -0.118. The molecule has 0 fully saturated rings. The standard InChI is InChI=1S/C19H19N3O3/c1-12-6-2-4-8-14(12)20-17(23)11-10-16-19(25)21-15-9-5-3-7-13(15)18(24)22-16/h2-9,16H,10-11H2,1H3,(H,20,23)(H,21,25)(H,22,24)/t16-/m0/s1. The molecule has 6 heteroatoms. The molecule has 0 aliphatic carbocycles. The van der Waals surface area contributed by atoms with Crippen molar-refractivity contribution in [1.29, 1.82) is 0 Å². The van der Waals surface area contributed by atoms with Crippen LogP contribution in [-0.2, 0) is 9.59 Å². The van der Waals surface area contributed by atoms with E-state index in [9.17, 15) is 14.4 Å². The van der Waals surface area contributed by atoms with Gasteiger partial charge in [-0.3, -0.25) is 14.4 Å². The Labute approximate surface area is 145 Å². The maximum Gasteiger partial charge on any atom is 0.254 e. The first-order chi connectivity index (χ1) is 12.0. The normalized spacial score (nSPS) is 16.3. The molecule has 1 atom stereocenters. The van der Waals surface area contributed by atoms with Gasteiger partial charge in [-0.25, -0.2) is 0 Å². The monoisotopic (exact) mass is 337 g/mol. The van der Waals surface area contributed by atoms with Crippen molar-refractivity contribution in [1.82, 2.24) is 5.32 Å². The quantitative estimate of drug-likeness (QED) is 0.801. The summed E-state index contributed by atoms with van der Waals surface area (Å²) in [6.45, 7) is 1.91. The fraction of sp³-hybridized carbons (Fsp3) is 0.211. The van der Waals surface area contributed by atoms with Gasteiger partial charge >= 0.3 is 0 Å². The minimum atomic E-state index is -0.748. The van der Waals surface area contributed by atoms with E-state index in [2.05, 4.69) is 16.0 Å².